The van der Waals surface area contributed by atoms with Crippen LogP contribution in [0.1, 0.15) is 33.3 Å². The Hall–Kier alpha value is -2.74. The highest BCUT2D eigenvalue weighted by Gasteiger charge is 2.39. The standard InChI is InChI=1S/C19H21ClO8/c1-6-25-14-9-11(7-12-17(22)27-19(3,4)28-18(12)23)8-13(20)15(14)26-10(2)16(21)24-5/h7-10H,6H2,1-5H3. The van der Waals surface area contributed by atoms with Gasteiger partial charge < -0.3 is 23.7 Å². The van der Waals surface area contributed by atoms with Gasteiger partial charge in [-0.3, -0.25) is 0 Å². The molecule has 1 fully saturated rings. The molecular weight excluding hydrogens is 392 g/mol. The number of rotatable bonds is 6. The molecule has 8 nitrogen and oxygen atoms in total. The maximum absolute atomic E-state index is 12.1. The lowest BCUT2D eigenvalue weighted by atomic mass is 10.1. The number of carbonyl (C=O) groups excluding carboxylic acids is 3. The van der Waals surface area contributed by atoms with Crippen molar-refractivity contribution < 1.29 is 38.1 Å². The van der Waals surface area contributed by atoms with Crippen LogP contribution in [0.4, 0.5) is 0 Å². The minimum absolute atomic E-state index is 0.117. The Bertz CT molecular complexity index is 805. The van der Waals surface area contributed by atoms with Crippen LogP contribution in [0.2, 0.25) is 5.02 Å². The zero-order valence-electron chi connectivity index (χ0n) is 16.2. The monoisotopic (exact) mass is 412 g/mol. The summed E-state index contributed by atoms with van der Waals surface area (Å²) in [5, 5.41) is 0.117. The number of hydrogen-bond donors (Lipinski definition) is 0. The molecule has 2 rings (SSSR count). The summed E-state index contributed by atoms with van der Waals surface area (Å²) in [5.74, 6) is -3.17. The van der Waals surface area contributed by atoms with E-state index in [2.05, 4.69) is 4.74 Å². The maximum Gasteiger partial charge on any atom is 0.348 e. The fourth-order valence-corrected chi connectivity index (χ4v) is 2.65. The second kappa shape index (κ2) is 8.52. The zero-order chi connectivity index (χ0) is 21.1. The van der Waals surface area contributed by atoms with E-state index in [-0.39, 0.29) is 28.7 Å². The van der Waals surface area contributed by atoms with Crippen LogP contribution in [0.5, 0.6) is 11.5 Å². The average molecular weight is 413 g/mol. The van der Waals surface area contributed by atoms with Crippen molar-refractivity contribution in [3.8, 4) is 11.5 Å². The van der Waals surface area contributed by atoms with Gasteiger partial charge in [0.1, 0.15) is 5.57 Å². The van der Waals surface area contributed by atoms with Gasteiger partial charge in [0.05, 0.1) is 18.7 Å². The third-order valence-electron chi connectivity index (χ3n) is 3.59. The molecule has 0 aromatic heterocycles. The van der Waals surface area contributed by atoms with Gasteiger partial charge in [0.25, 0.3) is 5.79 Å². The number of hydrogen-bond acceptors (Lipinski definition) is 8. The van der Waals surface area contributed by atoms with Crippen molar-refractivity contribution in [1.82, 2.24) is 0 Å². The molecule has 0 bridgehead atoms. The Balaban J connectivity index is 2.41. The van der Waals surface area contributed by atoms with E-state index in [1.165, 1.54) is 46.1 Å². The largest absolute Gasteiger partial charge is 0.490 e. The number of benzene rings is 1. The van der Waals surface area contributed by atoms with Crippen LogP contribution in [0.15, 0.2) is 17.7 Å². The fraction of sp³-hybridized carbons (Fsp3) is 0.421. The minimum atomic E-state index is -1.33. The summed E-state index contributed by atoms with van der Waals surface area (Å²) in [6.07, 6.45) is 0.360. The normalized spacial score (nSPS) is 16.6. The molecule has 0 aliphatic carbocycles. The molecular formula is C19H21ClO8. The highest BCUT2D eigenvalue weighted by atomic mass is 35.5. The van der Waals surface area contributed by atoms with E-state index >= 15 is 0 Å². The Morgan fingerprint density at radius 1 is 1.25 bits per heavy atom. The first-order chi connectivity index (χ1) is 13.1. The summed E-state index contributed by atoms with van der Waals surface area (Å²) < 4.78 is 25.8. The van der Waals surface area contributed by atoms with E-state index < -0.39 is 29.8 Å². The molecule has 0 saturated carbocycles. The molecule has 0 N–H and O–H groups in total. The van der Waals surface area contributed by atoms with Crippen LogP contribution >= 0.6 is 11.6 Å². The molecule has 28 heavy (non-hydrogen) atoms. The topological polar surface area (TPSA) is 97.4 Å². The highest BCUT2D eigenvalue weighted by molar-refractivity contribution is 6.32. The van der Waals surface area contributed by atoms with E-state index in [0.29, 0.717) is 5.56 Å². The van der Waals surface area contributed by atoms with Gasteiger partial charge in [0, 0.05) is 13.8 Å². The molecule has 1 aromatic rings. The first-order valence-electron chi connectivity index (χ1n) is 8.47. The van der Waals surface area contributed by atoms with E-state index in [4.69, 9.17) is 30.5 Å². The Morgan fingerprint density at radius 2 is 1.86 bits per heavy atom. The van der Waals surface area contributed by atoms with Gasteiger partial charge in [0.15, 0.2) is 17.6 Å². The molecule has 0 spiro atoms. The molecule has 1 aliphatic rings. The van der Waals surface area contributed by atoms with Crippen LogP contribution in [0.3, 0.4) is 0 Å². The number of ether oxygens (including phenoxy) is 5. The predicted molar refractivity (Wildman–Crippen MR) is 99.0 cm³/mol. The summed E-state index contributed by atoms with van der Waals surface area (Å²) in [7, 11) is 1.24. The van der Waals surface area contributed by atoms with Crippen LogP contribution in [0, 0.1) is 0 Å². The molecule has 1 atom stereocenters. The summed E-state index contributed by atoms with van der Waals surface area (Å²) >= 11 is 6.28. The Kier molecular flexibility index (Phi) is 6.56. The molecule has 9 heteroatoms. The van der Waals surface area contributed by atoms with E-state index in [1.54, 1.807) is 6.92 Å². The fourth-order valence-electron chi connectivity index (χ4n) is 2.38. The first kappa shape index (κ1) is 21.6. The van der Waals surface area contributed by atoms with Crippen molar-refractivity contribution in [3.05, 3.63) is 28.3 Å². The van der Waals surface area contributed by atoms with Crippen molar-refractivity contribution in [2.24, 2.45) is 0 Å². The zero-order valence-corrected chi connectivity index (χ0v) is 16.9. The molecule has 1 unspecified atom stereocenters. The van der Waals surface area contributed by atoms with Gasteiger partial charge >= 0.3 is 17.9 Å². The molecule has 152 valence electrons. The number of carbonyl (C=O) groups is 3. The molecule has 1 aromatic carbocycles. The van der Waals surface area contributed by atoms with Gasteiger partial charge in [-0.15, -0.1) is 0 Å². The maximum atomic E-state index is 12.1. The molecule has 1 saturated heterocycles. The van der Waals surface area contributed by atoms with Crippen molar-refractivity contribution in [2.45, 2.75) is 39.6 Å². The quantitative estimate of drug-likeness (QED) is 0.399. The number of halogens is 1. The first-order valence-corrected chi connectivity index (χ1v) is 8.85. The Labute approximate surface area is 167 Å². The predicted octanol–water partition coefficient (Wildman–Crippen LogP) is 2.90. The smallest absolute Gasteiger partial charge is 0.348 e. The van der Waals surface area contributed by atoms with Gasteiger partial charge in [-0.1, -0.05) is 11.6 Å². The average Bonchev–Trinajstić information content (AvgIpc) is 2.59. The third-order valence-corrected chi connectivity index (χ3v) is 3.87. The van der Waals surface area contributed by atoms with Gasteiger partial charge in [-0.25, -0.2) is 14.4 Å². The molecule has 0 radical (unpaired) electrons. The molecule has 1 heterocycles. The Morgan fingerprint density at radius 3 is 2.39 bits per heavy atom. The van der Waals surface area contributed by atoms with Crippen molar-refractivity contribution in [2.75, 3.05) is 13.7 Å². The lowest BCUT2D eigenvalue weighted by Gasteiger charge is -2.29. The van der Waals surface area contributed by atoms with Gasteiger partial charge in [-0.05, 0) is 37.6 Å². The van der Waals surface area contributed by atoms with Crippen LogP contribution in [-0.4, -0.2) is 43.5 Å². The van der Waals surface area contributed by atoms with Crippen molar-refractivity contribution in [1.29, 1.82) is 0 Å². The van der Waals surface area contributed by atoms with Crippen molar-refractivity contribution in [3.63, 3.8) is 0 Å². The summed E-state index contributed by atoms with van der Waals surface area (Å²) in [6, 6.07) is 2.97. The second-order valence-corrected chi connectivity index (χ2v) is 6.69. The highest BCUT2D eigenvalue weighted by Crippen LogP contribution is 2.38. The summed E-state index contributed by atoms with van der Waals surface area (Å²) in [4.78, 5) is 35.8. The molecule has 1 aliphatic heterocycles. The number of esters is 3. The summed E-state index contributed by atoms with van der Waals surface area (Å²) in [5.41, 5.74) is 0.101. The van der Waals surface area contributed by atoms with Crippen LogP contribution in [-0.2, 0) is 28.6 Å². The van der Waals surface area contributed by atoms with Gasteiger partial charge in [0.2, 0.25) is 0 Å². The van der Waals surface area contributed by atoms with E-state index in [1.807, 2.05) is 0 Å². The number of cyclic esters (lactones) is 2. The van der Waals surface area contributed by atoms with E-state index in [9.17, 15) is 14.4 Å². The molecule has 0 amide bonds. The second-order valence-electron chi connectivity index (χ2n) is 6.28. The van der Waals surface area contributed by atoms with Gasteiger partial charge in [-0.2, -0.15) is 0 Å². The lowest BCUT2D eigenvalue weighted by Crippen LogP contribution is -2.41. The number of methoxy groups -OCH3 is 1. The van der Waals surface area contributed by atoms with Crippen molar-refractivity contribution >= 4 is 35.6 Å². The van der Waals surface area contributed by atoms with Crippen LogP contribution in [0.25, 0.3) is 6.08 Å². The SMILES string of the molecule is CCOc1cc(C=C2C(=O)OC(C)(C)OC2=O)cc(Cl)c1OC(C)C(=O)OC. The third kappa shape index (κ3) is 4.95. The summed E-state index contributed by atoms with van der Waals surface area (Å²) in [6.45, 7) is 6.46. The lowest BCUT2D eigenvalue weighted by molar-refractivity contribution is -0.222. The van der Waals surface area contributed by atoms with Crippen LogP contribution < -0.4 is 9.47 Å². The van der Waals surface area contributed by atoms with E-state index in [0.717, 1.165) is 0 Å². The minimum Gasteiger partial charge on any atom is -0.490 e.